The van der Waals surface area contributed by atoms with Crippen LogP contribution in [0.15, 0.2) is 18.2 Å². The minimum absolute atomic E-state index is 0.0277. The van der Waals surface area contributed by atoms with E-state index >= 15 is 0 Å². The van der Waals surface area contributed by atoms with Crippen molar-refractivity contribution in [3.8, 4) is 0 Å². The molecule has 1 heterocycles. The molecule has 1 aromatic carbocycles. The number of carbonyl (C=O) groups is 2. The van der Waals surface area contributed by atoms with Crippen molar-refractivity contribution in [3.63, 3.8) is 0 Å². The number of carbonyl (C=O) groups excluding carboxylic acids is 2. The third kappa shape index (κ3) is 6.28. The summed E-state index contributed by atoms with van der Waals surface area (Å²) in [5.41, 5.74) is 3.09. The largest absolute Gasteiger partial charge is 0.352 e. The van der Waals surface area contributed by atoms with E-state index in [1.807, 2.05) is 32.0 Å². The van der Waals surface area contributed by atoms with Crippen LogP contribution < -0.4 is 10.6 Å². The highest BCUT2D eigenvalue weighted by molar-refractivity contribution is 5.93. The molecule has 2 amide bonds. The number of nitrogens with zero attached hydrogens (tertiary/aromatic N) is 2. The molecule has 0 radical (unpaired) electrons. The molecular formula is C23H36N4O2. The molecule has 0 spiro atoms. The lowest BCUT2D eigenvalue weighted by Crippen LogP contribution is -2.52. The number of hydrogen-bond acceptors (Lipinski definition) is 4. The Bertz CT molecular complexity index is 693. The van der Waals surface area contributed by atoms with Gasteiger partial charge < -0.3 is 10.6 Å². The standard InChI is InChI=1S/C23H36N4O2/c1-17-7-4-5-10-20(17)24-21(28)15-26-11-13-27(14-12-26)16-22(29)25-23-18(2)8-6-9-19(23)3/h6,8-9,17,20H,4-5,7,10-16H2,1-3H3,(H,24,28)(H,25,29). The van der Waals surface area contributed by atoms with Crippen LogP contribution in [0.3, 0.4) is 0 Å². The van der Waals surface area contributed by atoms with E-state index in [2.05, 4.69) is 27.4 Å². The van der Waals surface area contributed by atoms with Crippen molar-refractivity contribution in [2.24, 2.45) is 5.92 Å². The summed E-state index contributed by atoms with van der Waals surface area (Å²) in [5, 5.41) is 6.30. The van der Waals surface area contributed by atoms with Gasteiger partial charge in [0.05, 0.1) is 13.1 Å². The Labute approximate surface area is 175 Å². The second kappa shape index (κ2) is 10.2. The normalized spacial score (nSPS) is 23.6. The number of nitrogens with one attached hydrogen (secondary N) is 2. The number of aryl methyl sites for hydroxylation is 2. The number of benzene rings is 1. The first-order valence-corrected chi connectivity index (χ1v) is 11.0. The molecule has 2 atom stereocenters. The van der Waals surface area contributed by atoms with Crippen LogP contribution in [0.25, 0.3) is 0 Å². The minimum atomic E-state index is 0.0277. The molecule has 160 valence electrons. The van der Waals surface area contributed by atoms with Crippen LogP contribution in [0.1, 0.15) is 43.7 Å². The Morgan fingerprint density at radius 3 is 2.07 bits per heavy atom. The Balaban J connectivity index is 1.38. The zero-order valence-electron chi connectivity index (χ0n) is 18.2. The molecule has 0 bridgehead atoms. The van der Waals surface area contributed by atoms with Gasteiger partial charge in [-0.25, -0.2) is 0 Å². The summed E-state index contributed by atoms with van der Waals surface area (Å²) in [7, 11) is 0. The van der Waals surface area contributed by atoms with E-state index in [1.165, 1.54) is 19.3 Å². The van der Waals surface area contributed by atoms with Crippen molar-refractivity contribution in [1.82, 2.24) is 15.1 Å². The van der Waals surface area contributed by atoms with Gasteiger partial charge in [-0.15, -0.1) is 0 Å². The van der Waals surface area contributed by atoms with Crippen molar-refractivity contribution in [3.05, 3.63) is 29.3 Å². The second-order valence-corrected chi connectivity index (χ2v) is 8.80. The van der Waals surface area contributed by atoms with E-state index < -0.39 is 0 Å². The second-order valence-electron chi connectivity index (χ2n) is 8.80. The van der Waals surface area contributed by atoms with Crippen molar-refractivity contribution < 1.29 is 9.59 Å². The Kier molecular flexibility index (Phi) is 7.67. The van der Waals surface area contributed by atoms with Crippen LogP contribution in [0.2, 0.25) is 0 Å². The molecule has 29 heavy (non-hydrogen) atoms. The predicted octanol–water partition coefficient (Wildman–Crippen LogP) is 2.55. The topological polar surface area (TPSA) is 64.7 Å². The lowest BCUT2D eigenvalue weighted by atomic mass is 9.86. The first-order valence-electron chi connectivity index (χ1n) is 11.0. The minimum Gasteiger partial charge on any atom is -0.352 e. The van der Waals surface area contributed by atoms with Gasteiger partial charge in [0, 0.05) is 37.9 Å². The van der Waals surface area contributed by atoms with Gasteiger partial charge in [0.15, 0.2) is 0 Å². The number of anilines is 1. The SMILES string of the molecule is Cc1cccc(C)c1NC(=O)CN1CCN(CC(=O)NC2CCCCC2C)CC1. The molecule has 1 aliphatic carbocycles. The molecule has 1 saturated carbocycles. The number of amides is 2. The van der Waals surface area contributed by atoms with Gasteiger partial charge in [-0.3, -0.25) is 19.4 Å². The van der Waals surface area contributed by atoms with E-state index in [-0.39, 0.29) is 11.8 Å². The summed E-state index contributed by atoms with van der Waals surface area (Å²) < 4.78 is 0. The average Bonchev–Trinajstić information content (AvgIpc) is 2.68. The van der Waals surface area contributed by atoms with Crippen molar-refractivity contribution >= 4 is 17.5 Å². The molecule has 3 rings (SSSR count). The Hall–Kier alpha value is -1.92. The van der Waals surface area contributed by atoms with Crippen LogP contribution in [0, 0.1) is 19.8 Å². The van der Waals surface area contributed by atoms with E-state index in [9.17, 15) is 9.59 Å². The Morgan fingerprint density at radius 2 is 1.48 bits per heavy atom. The molecule has 2 N–H and O–H groups in total. The van der Waals surface area contributed by atoms with E-state index in [1.54, 1.807) is 0 Å². The molecule has 2 fully saturated rings. The van der Waals surface area contributed by atoms with Gasteiger partial charge in [-0.1, -0.05) is 38.0 Å². The summed E-state index contributed by atoms with van der Waals surface area (Å²) in [5.74, 6) is 0.754. The zero-order chi connectivity index (χ0) is 20.8. The molecule has 2 aliphatic rings. The smallest absolute Gasteiger partial charge is 0.238 e. The molecule has 6 heteroatoms. The van der Waals surface area contributed by atoms with Crippen molar-refractivity contribution in [2.75, 3.05) is 44.6 Å². The molecule has 1 aromatic rings. The molecular weight excluding hydrogens is 364 g/mol. The van der Waals surface area contributed by atoms with Gasteiger partial charge in [-0.2, -0.15) is 0 Å². The number of hydrogen-bond donors (Lipinski definition) is 2. The summed E-state index contributed by atoms with van der Waals surface area (Å²) in [6, 6.07) is 6.37. The maximum Gasteiger partial charge on any atom is 0.238 e. The van der Waals surface area contributed by atoms with Crippen molar-refractivity contribution in [1.29, 1.82) is 0 Å². The van der Waals surface area contributed by atoms with Crippen LogP contribution >= 0.6 is 0 Å². The van der Waals surface area contributed by atoms with Gasteiger partial charge in [-0.05, 0) is 43.7 Å². The van der Waals surface area contributed by atoms with E-state index in [0.717, 1.165) is 49.4 Å². The highest BCUT2D eigenvalue weighted by atomic mass is 16.2. The van der Waals surface area contributed by atoms with Gasteiger partial charge in [0.25, 0.3) is 0 Å². The molecule has 2 unspecified atom stereocenters. The van der Waals surface area contributed by atoms with Crippen LogP contribution in [0.5, 0.6) is 0 Å². The number of para-hydroxylation sites is 1. The highest BCUT2D eigenvalue weighted by Gasteiger charge is 2.25. The summed E-state index contributed by atoms with van der Waals surface area (Å²) >= 11 is 0. The fourth-order valence-electron chi connectivity index (χ4n) is 4.49. The first kappa shape index (κ1) is 21.8. The third-order valence-corrected chi connectivity index (χ3v) is 6.40. The first-order chi connectivity index (χ1) is 13.9. The maximum absolute atomic E-state index is 12.5. The third-order valence-electron chi connectivity index (χ3n) is 6.40. The average molecular weight is 401 g/mol. The monoisotopic (exact) mass is 400 g/mol. The summed E-state index contributed by atoms with van der Waals surface area (Å²) in [6.45, 7) is 10.4. The molecule has 6 nitrogen and oxygen atoms in total. The lowest BCUT2D eigenvalue weighted by molar-refractivity contribution is -0.124. The van der Waals surface area contributed by atoms with Gasteiger partial charge >= 0.3 is 0 Å². The highest BCUT2D eigenvalue weighted by Crippen LogP contribution is 2.23. The molecule has 1 saturated heterocycles. The zero-order valence-corrected chi connectivity index (χ0v) is 18.2. The summed E-state index contributed by atoms with van der Waals surface area (Å²) in [6.07, 6.45) is 4.83. The number of rotatable bonds is 6. The lowest BCUT2D eigenvalue weighted by Gasteiger charge is -2.35. The van der Waals surface area contributed by atoms with Crippen molar-refractivity contribution in [2.45, 2.75) is 52.5 Å². The summed E-state index contributed by atoms with van der Waals surface area (Å²) in [4.78, 5) is 29.3. The van der Waals surface area contributed by atoms with Gasteiger partial charge in [0.2, 0.25) is 11.8 Å². The fraction of sp³-hybridized carbons (Fsp3) is 0.652. The molecule has 0 aromatic heterocycles. The predicted molar refractivity (Wildman–Crippen MR) is 117 cm³/mol. The Morgan fingerprint density at radius 1 is 0.931 bits per heavy atom. The maximum atomic E-state index is 12.5. The quantitative estimate of drug-likeness (QED) is 0.770. The van der Waals surface area contributed by atoms with E-state index in [4.69, 9.17) is 0 Å². The van der Waals surface area contributed by atoms with E-state index in [0.29, 0.717) is 25.0 Å². The van der Waals surface area contributed by atoms with Crippen LogP contribution in [-0.2, 0) is 9.59 Å². The van der Waals surface area contributed by atoms with Gasteiger partial charge in [0.1, 0.15) is 0 Å². The van der Waals surface area contributed by atoms with Crippen LogP contribution in [-0.4, -0.2) is 66.9 Å². The fourth-order valence-corrected chi connectivity index (χ4v) is 4.49. The number of piperazine rings is 1. The molecule has 1 aliphatic heterocycles. The van der Waals surface area contributed by atoms with Crippen LogP contribution in [0.4, 0.5) is 5.69 Å².